The number of amides is 2. The third-order valence-electron chi connectivity index (χ3n) is 9.34. The van der Waals surface area contributed by atoms with Crippen molar-refractivity contribution in [3.63, 3.8) is 0 Å². The molecule has 2 fully saturated rings. The Morgan fingerprint density at radius 3 is 1.65 bits per heavy atom. The van der Waals surface area contributed by atoms with Gasteiger partial charge in [-0.2, -0.15) is 0 Å². The third-order valence-corrected chi connectivity index (χ3v) is 9.77. The number of hydrogen-bond donors (Lipinski definition) is 3. The molecule has 18 heteroatoms. The van der Waals surface area contributed by atoms with E-state index in [9.17, 15) is 14.7 Å². The molecule has 4 aromatic heterocycles. The molecule has 2 saturated heterocycles. The summed E-state index contributed by atoms with van der Waals surface area (Å²) in [6.07, 6.45) is 11.7. The minimum absolute atomic E-state index is 0.0458. The fraction of sp³-hybridized carbons (Fsp3) is 0.364. The van der Waals surface area contributed by atoms with Crippen LogP contribution in [0.1, 0.15) is 54.4 Å². The first-order valence-corrected chi connectivity index (χ1v) is 20.8. The molecule has 0 saturated carbocycles. The number of benzene rings is 2. The van der Waals surface area contributed by atoms with Gasteiger partial charge in [0.2, 0.25) is 0 Å². The normalized spacial score (nSPS) is 16.2. The molecule has 6 heterocycles. The van der Waals surface area contributed by atoms with Crippen LogP contribution in [-0.2, 0) is 9.47 Å². The van der Waals surface area contributed by atoms with E-state index in [1.165, 1.54) is 12.1 Å². The standard InChI is InChI=1S/C22H25N3O4.C16H20BrN3O3.C6H6BO3/c1-22(2,3)29-21(27)24-9-8-18(13-24)28-20-10-16(12-25-14-23-11-19(20)25)15-4-6-17(26)7-5-15;1-16(2,3)23-15(21)19-5-4-12(9-19)22-14-6-11(17)8-20-10-18-7-13(14)20;8-5-1-3-6(4-2-5)10-7-9/h4-7,10-12,14,18,26H,8-9,13H2,1-3H3;6-8,10,12H,4-5,9H2,1-3H3;1-4,8-9H/t18-;12-;/m00./s1. The number of pyridine rings is 2. The smallest absolute Gasteiger partial charge is 0.537 e. The molecule has 16 nitrogen and oxygen atoms in total. The van der Waals surface area contributed by atoms with Crippen LogP contribution in [-0.4, -0.2) is 113 Å². The van der Waals surface area contributed by atoms with Crippen molar-refractivity contribution in [3.05, 3.63) is 103 Å². The third kappa shape index (κ3) is 12.7. The lowest BCUT2D eigenvalue weighted by atomic mass is 10.1. The number of halogens is 1. The van der Waals surface area contributed by atoms with E-state index in [0.29, 0.717) is 45.4 Å². The zero-order chi connectivity index (χ0) is 44.6. The molecule has 2 amide bonds. The SMILES string of the molecule is CC(C)(C)OC(=O)N1CC[C@H](Oc2cc(-c3ccc(O)cc3)cn3cncc23)C1.CC(C)(C)OC(=O)N1CC[C@H](Oc2cc(Br)cn3cncc23)C1.O[B]Oc1ccc(O)cc1. The second-order valence-corrected chi connectivity index (χ2v) is 17.6. The molecule has 0 spiro atoms. The van der Waals surface area contributed by atoms with Crippen molar-refractivity contribution in [3.8, 4) is 39.9 Å². The van der Waals surface area contributed by atoms with Gasteiger partial charge in [-0.25, -0.2) is 19.6 Å². The number of carbonyl (C=O) groups excluding carboxylic acids is 2. The Bertz CT molecular complexity index is 2430. The predicted octanol–water partition coefficient (Wildman–Crippen LogP) is 7.88. The minimum atomic E-state index is -0.516. The van der Waals surface area contributed by atoms with Crippen LogP contribution < -0.4 is 14.1 Å². The molecule has 2 atom stereocenters. The number of rotatable bonds is 7. The molecule has 3 N–H and O–H groups in total. The summed E-state index contributed by atoms with van der Waals surface area (Å²) < 4.78 is 32.6. The Morgan fingerprint density at radius 2 is 1.16 bits per heavy atom. The average molecular weight is 915 g/mol. The highest BCUT2D eigenvalue weighted by Crippen LogP contribution is 2.32. The van der Waals surface area contributed by atoms with Gasteiger partial charge >= 0.3 is 19.9 Å². The number of ether oxygens (including phenoxy) is 4. The fourth-order valence-corrected chi connectivity index (χ4v) is 6.98. The number of fused-ring (bicyclic) bond motifs is 2. The van der Waals surface area contributed by atoms with Crippen LogP contribution in [0.3, 0.4) is 0 Å². The number of phenolic OH excluding ortho intramolecular Hbond substituents is 2. The van der Waals surface area contributed by atoms with Crippen LogP contribution >= 0.6 is 15.9 Å². The molecular formula is C44H51BBrN6O10. The van der Waals surface area contributed by atoms with E-state index >= 15 is 0 Å². The van der Waals surface area contributed by atoms with Crippen molar-refractivity contribution in [1.82, 2.24) is 28.6 Å². The Balaban J connectivity index is 0.000000173. The fourth-order valence-electron chi connectivity index (χ4n) is 6.55. The van der Waals surface area contributed by atoms with Gasteiger partial charge in [-0.1, -0.05) is 12.1 Å². The van der Waals surface area contributed by atoms with Gasteiger partial charge in [0.1, 0.15) is 63.2 Å². The molecular weight excluding hydrogens is 863 g/mol. The van der Waals surface area contributed by atoms with Crippen molar-refractivity contribution in [1.29, 1.82) is 0 Å². The number of aromatic nitrogens is 4. The second kappa shape index (κ2) is 19.7. The number of likely N-dealkylation sites (tertiary alicyclic amines) is 2. The lowest BCUT2D eigenvalue weighted by Gasteiger charge is -2.24. The summed E-state index contributed by atoms with van der Waals surface area (Å²) in [7, 11) is 0.590. The van der Waals surface area contributed by atoms with Crippen molar-refractivity contribution in [2.24, 2.45) is 0 Å². The average Bonchev–Trinajstić information content (AvgIpc) is 4.04. The molecule has 0 aliphatic carbocycles. The summed E-state index contributed by atoms with van der Waals surface area (Å²) in [5.41, 5.74) is 2.69. The number of aromatic hydroxyl groups is 2. The molecule has 2 aromatic carbocycles. The predicted molar refractivity (Wildman–Crippen MR) is 236 cm³/mol. The van der Waals surface area contributed by atoms with Crippen molar-refractivity contribution in [2.75, 3.05) is 26.2 Å². The number of carbonyl (C=O) groups is 2. The van der Waals surface area contributed by atoms with E-state index in [1.807, 2.05) is 87.0 Å². The van der Waals surface area contributed by atoms with E-state index < -0.39 is 11.2 Å². The van der Waals surface area contributed by atoms with E-state index in [2.05, 4.69) is 30.6 Å². The maximum Gasteiger partial charge on any atom is 0.569 e. The van der Waals surface area contributed by atoms with Crippen LogP contribution in [0.15, 0.2) is 103 Å². The van der Waals surface area contributed by atoms with Crippen molar-refractivity contribution < 1.29 is 48.4 Å². The van der Waals surface area contributed by atoms with Crippen LogP contribution in [0.5, 0.6) is 28.7 Å². The Morgan fingerprint density at radius 1 is 0.694 bits per heavy atom. The van der Waals surface area contributed by atoms with Crippen molar-refractivity contribution in [2.45, 2.75) is 77.8 Å². The van der Waals surface area contributed by atoms with Crippen molar-refractivity contribution >= 4 is 46.8 Å². The van der Waals surface area contributed by atoms with E-state index in [4.69, 9.17) is 29.1 Å². The highest BCUT2D eigenvalue weighted by Gasteiger charge is 2.32. The van der Waals surface area contributed by atoms with Crippen LogP contribution in [0.2, 0.25) is 0 Å². The monoisotopic (exact) mass is 913 g/mol. The molecule has 0 unspecified atom stereocenters. The Hall–Kier alpha value is -6.14. The molecule has 2 aliphatic heterocycles. The summed E-state index contributed by atoms with van der Waals surface area (Å²) in [5.74, 6) is 2.35. The van der Waals surface area contributed by atoms with Gasteiger partial charge in [0.25, 0.3) is 0 Å². The number of phenols is 2. The lowest BCUT2D eigenvalue weighted by Crippen LogP contribution is -2.36. The maximum atomic E-state index is 12.3. The maximum absolute atomic E-state index is 12.3. The van der Waals surface area contributed by atoms with Gasteiger partial charge in [0.05, 0.1) is 38.1 Å². The summed E-state index contributed by atoms with van der Waals surface area (Å²) in [6.45, 7) is 13.4. The molecule has 327 valence electrons. The summed E-state index contributed by atoms with van der Waals surface area (Å²) in [5, 5.41) is 26.5. The largest absolute Gasteiger partial charge is 0.569 e. The van der Waals surface area contributed by atoms with E-state index in [-0.39, 0.29) is 35.9 Å². The minimum Gasteiger partial charge on any atom is -0.537 e. The first-order valence-electron chi connectivity index (χ1n) is 20.0. The van der Waals surface area contributed by atoms with Gasteiger partial charge in [0.15, 0.2) is 0 Å². The summed E-state index contributed by atoms with van der Waals surface area (Å²) in [6, 6.07) is 17.0. The van der Waals surface area contributed by atoms with Crippen LogP contribution in [0, 0.1) is 0 Å². The molecule has 2 aliphatic rings. The Labute approximate surface area is 369 Å². The van der Waals surface area contributed by atoms with E-state index in [0.717, 1.165) is 45.2 Å². The first-order chi connectivity index (χ1) is 29.4. The van der Waals surface area contributed by atoms with Gasteiger partial charge in [-0.15, -0.1) is 0 Å². The van der Waals surface area contributed by atoms with Gasteiger partial charge < -0.3 is 57.4 Å². The zero-order valence-electron chi connectivity index (χ0n) is 35.5. The molecule has 0 bridgehead atoms. The highest BCUT2D eigenvalue weighted by atomic mass is 79.9. The van der Waals surface area contributed by atoms with Gasteiger partial charge in [-0.05, 0) is 112 Å². The highest BCUT2D eigenvalue weighted by molar-refractivity contribution is 9.10. The number of hydrogen-bond acceptors (Lipinski definition) is 12. The zero-order valence-corrected chi connectivity index (χ0v) is 37.1. The lowest BCUT2D eigenvalue weighted by molar-refractivity contribution is 0.0266. The van der Waals surface area contributed by atoms with Gasteiger partial charge in [0, 0.05) is 48.4 Å². The van der Waals surface area contributed by atoms with Crippen LogP contribution in [0.25, 0.3) is 22.2 Å². The quantitative estimate of drug-likeness (QED) is 0.132. The van der Waals surface area contributed by atoms with Gasteiger partial charge in [-0.3, -0.25) is 0 Å². The first kappa shape index (κ1) is 45.4. The molecule has 8 rings (SSSR count). The molecule has 1 radical (unpaired) electrons. The number of imidazole rings is 2. The summed E-state index contributed by atoms with van der Waals surface area (Å²) >= 11 is 3.47. The second-order valence-electron chi connectivity index (χ2n) is 16.7. The number of nitrogens with zero attached hydrogens (tertiary/aromatic N) is 6. The topological polar surface area (TPSA) is 182 Å². The summed E-state index contributed by atoms with van der Waals surface area (Å²) in [4.78, 5) is 36.2. The Kier molecular flexibility index (Phi) is 14.4. The molecule has 62 heavy (non-hydrogen) atoms. The van der Waals surface area contributed by atoms with Crippen LogP contribution in [0.4, 0.5) is 9.59 Å². The molecule has 6 aromatic rings. The van der Waals surface area contributed by atoms with E-state index in [1.54, 1.807) is 59.1 Å².